The van der Waals surface area contributed by atoms with Crippen LogP contribution in [-0.2, 0) is 6.42 Å². The van der Waals surface area contributed by atoms with Crippen LogP contribution in [0.4, 0.5) is 0 Å². The van der Waals surface area contributed by atoms with E-state index in [-0.39, 0.29) is 5.78 Å². The van der Waals surface area contributed by atoms with Crippen molar-refractivity contribution in [2.45, 2.75) is 6.42 Å². The zero-order valence-corrected chi connectivity index (χ0v) is 10.6. The highest BCUT2D eigenvalue weighted by Gasteiger charge is 2.13. The second-order valence-electron chi connectivity index (χ2n) is 3.29. The minimum Gasteiger partial charge on any atom is -0.293 e. The summed E-state index contributed by atoms with van der Waals surface area (Å²) in [5.74, 6) is 0.00750. The lowest BCUT2D eigenvalue weighted by Gasteiger charge is -2.02. The van der Waals surface area contributed by atoms with Crippen molar-refractivity contribution >= 4 is 40.3 Å². The number of hydrogen-bond acceptors (Lipinski definition) is 2. The predicted octanol–water partition coefficient (Wildman–Crippen LogP) is 4.48. The average Bonchev–Trinajstić information content (AvgIpc) is 2.68. The molecule has 0 radical (unpaired) electrons. The number of carbonyl (C=O) groups excluding carboxylic acids is 1. The SMILES string of the molecule is O=C(Cc1ccccc1Cl)c1sccc1Cl. The van der Waals surface area contributed by atoms with Crippen molar-refractivity contribution in [1.82, 2.24) is 0 Å². The first-order chi connectivity index (χ1) is 7.68. The Labute approximate surface area is 108 Å². The van der Waals surface area contributed by atoms with Gasteiger partial charge in [-0.25, -0.2) is 0 Å². The lowest BCUT2D eigenvalue weighted by Crippen LogP contribution is -2.02. The number of carbonyl (C=O) groups is 1. The van der Waals surface area contributed by atoms with Crippen molar-refractivity contribution in [2.24, 2.45) is 0 Å². The third-order valence-electron chi connectivity index (χ3n) is 2.18. The Balaban J connectivity index is 2.21. The molecule has 0 fully saturated rings. The Hall–Kier alpha value is -0.830. The minimum atomic E-state index is 0.00750. The van der Waals surface area contributed by atoms with Gasteiger partial charge in [-0.2, -0.15) is 0 Å². The van der Waals surface area contributed by atoms with Crippen molar-refractivity contribution in [2.75, 3.05) is 0 Å². The van der Waals surface area contributed by atoms with Crippen LogP contribution in [0.3, 0.4) is 0 Å². The number of thiophene rings is 1. The zero-order valence-electron chi connectivity index (χ0n) is 8.24. The molecule has 1 nitrogen and oxygen atoms in total. The number of Topliss-reactive ketones (excluding diaryl/α,β-unsaturated/α-hetero) is 1. The van der Waals surface area contributed by atoms with E-state index in [4.69, 9.17) is 23.2 Å². The standard InChI is InChI=1S/C12H8Cl2OS/c13-9-4-2-1-3-8(9)7-11(15)12-10(14)5-6-16-12/h1-6H,7H2. The third kappa shape index (κ3) is 2.46. The van der Waals surface area contributed by atoms with Crippen LogP contribution in [0.1, 0.15) is 15.2 Å². The quantitative estimate of drug-likeness (QED) is 0.752. The highest BCUT2D eigenvalue weighted by Crippen LogP contribution is 2.25. The molecule has 82 valence electrons. The molecule has 0 aliphatic heterocycles. The Morgan fingerprint density at radius 2 is 1.88 bits per heavy atom. The molecule has 0 bridgehead atoms. The molecule has 2 rings (SSSR count). The summed E-state index contributed by atoms with van der Waals surface area (Å²) in [6.07, 6.45) is 0.292. The van der Waals surface area contributed by atoms with Gasteiger partial charge in [-0.1, -0.05) is 41.4 Å². The van der Waals surface area contributed by atoms with Crippen molar-refractivity contribution < 1.29 is 4.79 Å². The van der Waals surface area contributed by atoms with E-state index in [1.54, 1.807) is 12.1 Å². The van der Waals surface area contributed by atoms with Gasteiger partial charge in [0.25, 0.3) is 0 Å². The van der Waals surface area contributed by atoms with E-state index in [0.717, 1.165) is 5.56 Å². The molecule has 0 atom stereocenters. The van der Waals surface area contributed by atoms with Gasteiger partial charge < -0.3 is 0 Å². The van der Waals surface area contributed by atoms with Crippen molar-refractivity contribution in [3.05, 3.63) is 56.2 Å². The number of ketones is 1. The van der Waals surface area contributed by atoms with Crippen molar-refractivity contribution in [3.63, 3.8) is 0 Å². The van der Waals surface area contributed by atoms with E-state index in [1.165, 1.54) is 11.3 Å². The van der Waals surface area contributed by atoms with Gasteiger partial charge in [0.05, 0.1) is 9.90 Å². The number of benzene rings is 1. The molecule has 0 aliphatic carbocycles. The van der Waals surface area contributed by atoms with E-state index < -0.39 is 0 Å². The lowest BCUT2D eigenvalue weighted by molar-refractivity contribution is 0.0997. The average molecular weight is 271 g/mol. The van der Waals surface area contributed by atoms with Crippen molar-refractivity contribution in [1.29, 1.82) is 0 Å². The van der Waals surface area contributed by atoms with Gasteiger partial charge in [0, 0.05) is 11.4 Å². The van der Waals surface area contributed by atoms with Gasteiger partial charge in [-0.05, 0) is 23.1 Å². The largest absolute Gasteiger partial charge is 0.293 e. The van der Waals surface area contributed by atoms with Crippen LogP contribution in [0, 0.1) is 0 Å². The molecule has 2 aromatic rings. The monoisotopic (exact) mass is 270 g/mol. The fraction of sp³-hybridized carbons (Fsp3) is 0.0833. The summed E-state index contributed by atoms with van der Waals surface area (Å²) >= 11 is 13.2. The molecule has 1 heterocycles. The summed E-state index contributed by atoms with van der Waals surface area (Å²) in [7, 11) is 0. The fourth-order valence-electron chi connectivity index (χ4n) is 1.39. The smallest absolute Gasteiger partial charge is 0.178 e. The summed E-state index contributed by atoms with van der Waals surface area (Å²) in [4.78, 5) is 12.5. The number of rotatable bonds is 3. The number of hydrogen-bond donors (Lipinski definition) is 0. The molecule has 0 saturated heterocycles. The summed E-state index contributed by atoms with van der Waals surface area (Å²) in [5.41, 5.74) is 0.832. The second-order valence-corrected chi connectivity index (χ2v) is 5.02. The fourth-order valence-corrected chi connectivity index (χ4v) is 2.69. The first-order valence-electron chi connectivity index (χ1n) is 4.68. The first kappa shape index (κ1) is 11.6. The maximum atomic E-state index is 11.9. The number of halogens is 2. The zero-order chi connectivity index (χ0) is 11.5. The third-order valence-corrected chi connectivity index (χ3v) is 3.93. The highest BCUT2D eigenvalue weighted by atomic mass is 35.5. The van der Waals surface area contributed by atoms with E-state index >= 15 is 0 Å². The van der Waals surface area contributed by atoms with Gasteiger partial charge in [0.2, 0.25) is 0 Å². The Morgan fingerprint density at radius 3 is 2.50 bits per heavy atom. The lowest BCUT2D eigenvalue weighted by atomic mass is 10.1. The van der Waals surface area contributed by atoms with Crippen LogP contribution in [0.5, 0.6) is 0 Å². The van der Waals surface area contributed by atoms with Gasteiger partial charge in [0.15, 0.2) is 5.78 Å². The molecule has 0 amide bonds. The molecule has 4 heteroatoms. The van der Waals surface area contributed by atoms with Gasteiger partial charge in [0.1, 0.15) is 0 Å². The Morgan fingerprint density at radius 1 is 1.12 bits per heavy atom. The normalized spacial score (nSPS) is 10.4. The summed E-state index contributed by atoms with van der Waals surface area (Å²) in [6.45, 7) is 0. The molecule has 0 unspecified atom stereocenters. The van der Waals surface area contributed by atoms with Crippen LogP contribution in [0.25, 0.3) is 0 Å². The maximum absolute atomic E-state index is 11.9. The van der Waals surface area contributed by atoms with E-state index in [2.05, 4.69) is 0 Å². The molecule has 0 N–H and O–H groups in total. The topological polar surface area (TPSA) is 17.1 Å². The summed E-state index contributed by atoms with van der Waals surface area (Å²) < 4.78 is 0. The molecular weight excluding hydrogens is 263 g/mol. The Kier molecular flexibility index (Phi) is 3.64. The molecule has 0 saturated carbocycles. The summed E-state index contributed by atoms with van der Waals surface area (Å²) in [5, 5.41) is 2.94. The van der Waals surface area contributed by atoms with Crippen LogP contribution < -0.4 is 0 Å². The van der Waals surface area contributed by atoms with Gasteiger partial charge >= 0.3 is 0 Å². The van der Waals surface area contributed by atoms with Gasteiger partial charge in [-0.3, -0.25) is 4.79 Å². The maximum Gasteiger partial charge on any atom is 0.178 e. The molecule has 0 spiro atoms. The molecule has 1 aromatic heterocycles. The van der Waals surface area contributed by atoms with Gasteiger partial charge in [-0.15, -0.1) is 11.3 Å². The molecular formula is C12H8Cl2OS. The van der Waals surface area contributed by atoms with Crippen molar-refractivity contribution in [3.8, 4) is 0 Å². The van der Waals surface area contributed by atoms with Crippen LogP contribution >= 0.6 is 34.5 Å². The second kappa shape index (κ2) is 5.00. The minimum absolute atomic E-state index is 0.00750. The van der Waals surface area contributed by atoms with Crippen LogP contribution in [0.15, 0.2) is 35.7 Å². The van der Waals surface area contributed by atoms with E-state index in [9.17, 15) is 4.79 Å². The molecule has 16 heavy (non-hydrogen) atoms. The molecule has 1 aromatic carbocycles. The van der Waals surface area contributed by atoms with Crippen LogP contribution in [-0.4, -0.2) is 5.78 Å². The predicted molar refractivity (Wildman–Crippen MR) is 68.8 cm³/mol. The first-order valence-corrected chi connectivity index (χ1v) is 6.31. The van der Waals surface area contributed by atoms with E-state index in [0.29, 0.717) is 21.3 Å². The summed E-state index contributed by atoms with van der Waals surface area (Å²) in [6, 6.07) is 9.06. The van der Waals surface area contributed by atoms with Crippen LogP contribution in [0.2, 0.25) is 10.0 Å². The Bertz CT molecular complexity index is 519. The highest BCUT2D eigenvalue weighted by molar-refractivity contribution is 7.12. The van der Waals surface area contributed by atoms with E-state index in [1.807, 2.05) is 23.6 Å². The molecule has 0 aliphatic rings.